The summed E-state index contributed by atoms with van der Waals surface area (Å²) in [6, 6.07) is 3.54. The summed E-state index contributed by atoms with van der Waals surface area (Å²) in [4.78, 5) is 11.3. The highest BCUT2D eigenvalue weighted by molar-refractivity contribution is 5.93. The molecule has 0 aromatic heterocycles. The Hall–Kier alpha value is -1.39. The molecule has 2 rings (SSSR count). The van der Waals surface area contributed by atoms with Crippen LogP contribution in [0, 0.1) is 6.92 Å². The molecule has 4 nitrogen and oxygen atoms in total. The number of ether oxygens (including phenoxy) is 2. The summed E-state index contributed by atoms with van der Waals surface area (Å²) < 4.78 is 10.1. The van der Waals surface area contributed by atoms with Crippen LogP contribution in [-0.4, -0.2) is 24.8 Å². The fourth-order valence-corrected chi connectivity index (χ4v) is 2.02. The van der Waals surface area contributed by atoms with E-state index in [9.17, 15) is 9.90 Å². The highest BCUT2D eigenvalue weighted by Crippen LogP contribution is 2.29. The largest absolute Gasteiger partial charge is 0.457 e. The van der Waals surface area contributed by atoms with Crippen molar-refractivity contribution in [1.82, 2.24) is 0 Å². The van der Waals surface area contributed by atoms with Crippen LogP contribution in [-0.2, 0) is 16.1 Å². The topological polar surface area (TPSA) is 55.8 Å². The van der Waals surface area contributed by atoms with Crippen LogP contribution in [0.5, 0.6) is 0 Å². The standard InChI is InChI=1S/C12H14O4/c1-7-8(11(5-13)15-2)3-4-9-10(7)6-16-12(9)14/h3-4,11,13H,5-6H2,1-2H3. The van der Waals surface area contributed by atoms with Crippen molar-refractivity contribution in [2.24, 2.45) is 0 Å². The fraction of sp³-hybridized carbons (Fsp3) is 0.417. The number of hydrogen-bond donors (Lipinski definition) is 1. The SMILES string of the molecule is COC(CO)c1ccc2c(c1C)COC2=O. The van der Waals surface area contributed by atoms with Gasteiger partial charge >= 0.3 is 5.97 Å². The summed E-state index contributed by atoms with van der Waals surface area (Å²) >= 11 is 0. The number of rotatable bonds is 3. The first kappa shape index (κ1) is 11.1. The van der Waals surface area contributed by atoms with Crippen molar-refractivity contribution < 1.29 is 19.4 Å². The zero-order chi connectivity index (χ0) is 11.7. The van der Waals surface area contributed by atoms with Gasteiger partial charge in [-0.25, -0.2) is 4.79 Å². The van der Waals surface area contributed by atoms with Crippen molar-refractivity contribution in [2.45, 2.75) is 19.6 Å². The van der Waals surface area contributed by atoms with Crippen molar-refractivity contribution in [3.8, 4) is 0 Å². The molecule has 0 aliphatic carbocycles. The Kier molecular flexibility index (Phi) is 2.94. The lowest BCUT2D eigenvalue weighted by atomic mass is 9.95. The van der Waals surface area contributed by atoms with E-state index >= 15 is 0 Å². The average Bonchev–Trinajstić information content (AvgIpc) is 2.66. The quantitative estimate of drug-likeness (QED) is 0.784. The van der Waals surface area contributed by atoms with Crippen LogP contribution < -0.4 is 0 Å². The Bertz CT molecular complexity index is 421. The van der Waals surface area contributed by atoms with Crippen molar-refractivity contribution in [1.29, 1.82) is 0 Å². The van der Waals surface area contributed by atoms with E-state index < -0.39 is 0 Å². The molecule has 0 radical (unpaired) electrons. The summed E-state index contributed by atoms with van der Waals surface area (Å²) in [7, 11) is 1.55. The second kappa shape index (κ2) is 4.23. The first-order chi connectivity index (χ1) is 7.69. The molecule has 0 spiro atoms. The van der Waals surface area contributed by atoms with Gasteiger partial charge in [-0.05, 0) is 24.1 Å². The smallest absolute Gasteiger partial charge is 0.338 e. The van der Waals surface area contributed by atoms with Crippen molar-refractivity contribution >= 4 is 5.97 Å². The molecule has 0 bridgehead atoms. The molecular formula is C12H14O4. The van der Waals surface area contributed by atoms with E-state index in [0.717, 1.165) is 16.7 Å². The third kappa shape index (κ3) is 1.60. The molecule has 1 unspecified atom stereocenters. The monoisotopic (exact) mass is 222 g/mol. The van der Waals surface area contributed by atoms with E-state index in [-0.39, 0.29) is 18.7 Å². The lowest BCUT2D eigenvalue weighted by Gasteiger charge is -2.16. The Balaban J connectivity index is 2.47. The molecule has 1 N–H and O–H groups in total. The lowest BCUT2D eigenvalue weighted by molar-refractivity contribution is 0.0478. The molecule has 86 valence electrons. The Morgan fingerprint density at radius 2 is 2.31 bits per heavy atom. The van der Waals surface area contributed by atoms with Crippen LogP contribution in [0.4, 0.5) is 0 Å². The van der Waals surface area contributed by atoms with E-state index in [1.54, 1.807) is 13.2 Å². The van der Waals surface area contributed by atoms with Gasteiger partial charge in [-0.1, -0.05) is 6.07 Å². The van der Waals surface area contributed by atoms with Gasteiger partial charge in [0.2, 0.25) is 0 Å². The summed E-state index contributed by atoms with van der Waals surface area (Å²) in [6.45, 7) is 2.15. The van der Waals surface area contributed by atoms with Gasteiger partial charge in [-0.3, -0.25) is 0 Å². The molecule has 1 aromatic carbocycles. The Morgan fingerprint density at radius 1 is 1.56 bits per heavy atom. The number of esters is 1. The molecular weight excluding hydrogens is 208 g/mol. The van der Waals surface area contributed by atoms with Gasteiger partial charge in [0.05, 0.1) is 12.2 Å². The van der Waals surface area contributed by atoms with Crippen molar-refractivity contribution in [3.05, 3.63) is 34.4 Å². The van der Waals surface area contributed by atoms with E-state index in [0.29, 0.717) is 12.2 Å². The number of aliphatic hydroxyl groups is 1. The van der Waals surface area contributed by atoms with Crippen LogP contribution in [0.1, 0.15) is 33.2 Å². The molecule has 16 heavy (non-hydrogen) atoms. The van der Waals surface area contributed by atoms with Gasteiger partial charge < -0.3 is 14.6 Å². The maximum absolute atomic E-state index is 11.3. The predicted octanol–water partition coefficient (Wildman–Crippen LogP) is 1.35. The van der Waals surface area contributed by atoms with Crippen LogP contribution in [0.25, 0.3) is 0 Å². The van der Waals surface area contributed by atoms with E-state index in [4.69, 9.17) is 9.47 Å². The van der Waals surface area contributed by atoms with Gasteiger partial charge in [-0.15, -0.1) is 0 Å². The first-order valence-electron chi connectivity index (χ1n) is 5.12. The van der Waals surface area contributed by atoms with Gasteiger partial charge in [-0.2, -0.15) is 0 Å². The minimum absolute atomic E-state index is 0.0784. The van der Waals surface area contributed by atoms with Crippen LogP contribution >= 0.6 is 0 Å². The first-order valence-corrected chi connectivity index (χ1v) is 5.12. The van der Waals surface area contributed by atoms with Gasteiger partial charge in [0.15, 0.2) is 0 Å². The summed E-state index contributed by atoms with van der Waals surface area (Å²) in [6.07, 6.45) is -0.346. The number of carbonyl (C=O) groups is 1. The molecule has 0 saturated carbocycles. The Labute approximate surface area is 93.8 Å². The summed E-state index contributed by atoms with van der Waals surface area (Å²) in [5, 5.41) is 9.18. The van der Waals surface area contributed by atoms with Gasteiger partial charge in [0.1, 0.15) is 12.7 Å². The van der Waals surface area contributed by atoms with Crippen LogP contribution in [0.2, 0.25) is 0 Å². The van der Waals surface area contributed by atoms with Crippen LogP contribution in [0.15, 0.2) is 12.1 Å². The number of hydrogen-bond acceptors (Lipinski definition) is 4. The number of benzene rings is 1. The zero-order valence-corrected chi connectivity index (χ0v) is 9.32. The van der Waals surface area contributed by atoms with Crippen molar-refractivity contribution in [3.63, 3.8) is 0 Å². The molecule has 4 heteroatoms. The van der Waals surface area contributed by atoms with Gasteiger partial charge in [0.25, 0.3) is 0 Å². The third-order valence-corrected chi connectivity index (χ3v) is 3.01. The third-order valence-electron chi connectivity index (χ3n) is 3.01. The van der Waals surface area contributed by atoms with E-state index in [2.05, 4.69) is 0 Å². The molecule has 0 fully saturated rings. The predicted molar refractivity (Wildman–Crippen MR) is 57.1 cm³/mol. The average molecular weight is 222 g/mol. The lowest BCUT2D eigenvalue weighted by Crippen LogP contribution is -2.09. The maximum atomic E-state index is 11.3. The van der Waals surface area contributed by atoms with E-state index in [1.807, 2.05) is 13.0 Å². The zero-order valence-electron chi connectivity index (χ0n) is 9.32. The highest BCUT2D eigenvalue weighted by Gasteiger charge is 2.25. The minimum Gasteiger partial charge on any atom is -0.457 e. The number of cyclic esters (lactones) is 1. The summed E-state index contributed by atoms with van der Waals surface area (Å²) in [5.74, 6) is -0.275. The second-order valence-electron chi connectivity index (χ2n) is 3.79. The minimum atomic E-state index is -0.346. The molecule has 0 amide bonds. The normalized spacial score (nSPS) is 15.8. The van der Waals surface area contributed by atoms with Crippen LogP contribution in [0.3, 0.4) is 0 Å². The molecule has 1 atom stereocenters. The number of fused-ring (bicyclic) bond motifs is 1. The highest BCUT2D eigenvalue weighted by atomic mass is 16.5. The number of aliphatic hydroxyl groups excluding tert-OH is 1. The maximum Gasteiger partial charge on any atom is 0.338 e. The molecule has 0 saturated heterocycles. The molecule has 1 heterocycles. The van der Waals surface area contributed by atoms with E-state index in [1.165, 1.54) is 0 Å². The van der Waals surface area contributed by atoms with Gasteiger partial charge in [0, 0.05) is 12.7 Å². The number of carbonyl (C=O) groups excluding carboxylic acids is 1. The Morgan fingerprint density at radius 3 is 2.94 bits per heavy atom. The summed E-state index contributed by atoms with van der Waals surface area (Å²) in [5.41, 5.74) is 3.39. The van der Waals surface area contributed by atoms with Crippen molar-refractivity contribution in [2.75, 3.05) is 13.7 Å². The molecule has 1 aliphatic rings. The molecule has 1 aromatic rings. The number of methoxy groups -OCH3 is 1. The molecule has 1 aliphatic heterocycles. The fourth-order valence-electron chi connectivity index (χ4n) is 2.02. The second-order valence-corrected chi connectivity index (χ2v) is 3.79.